The minimum Gasteiger partial charge on any atom is -0.397 e. The summed E-state index contributed by atoms with van der Waals surface area (Å²) in [7, 11) is 0. The summed E-state index contributed by atoms with van der Waals surface area (Å²) < 4.78 is 6.98. The molecule has 0 aliphatic carbocycles. The van der Waals surface area contributed by atoms with Crippen LogP contribution in [0.25, 0.3) is 11.6 Å². The number of aromatic nitrogens is 3. The van der Waals surface area contributed by atoms with Crippen molar-refractivity contribution in [3.63, 3.8) is 0 Å². The Morgan fingerprint density at radius 2 is 2.38 bits per heavy atom. The fourth-order valence-electron chi connectivity index (χ4n) is 1.55. The number of rotatable bonds is 2. The predicted octanol–water partition coefficient (Wildman–Crippen LogP) is 1.55. The van der Waals surface area contributed by atoms with E-state index in [1.807, 2.05) is 4.57 Å². The van der Waals surface area contributed by atoms with Crippen LogP contribution in [-0.4, -0.2) is 25.4 Å². The Morgan fingerprint density at radius 1 is 1.50 bits per heavy atom. The summed E-state index contributed by atoms with van der Waals surface area (Å²) in [6.07, 6.45) is 0. The summed E-state index contributed by atoms with van der Waals surface area (Å²) >= 11 is 1.61. The smallest absolute Gasteiger partial charge is 0.397 e. The van der Waals surface area contributed by atoms with Gasteiger partial charge in [0.2, 0.25) is 5.82 Å². The molecule has 0 aromatic carbocycles. The molecule has 0 unspecified atom stereocenters. The highest BCUT2D eigenvalue weighted by molar-refractivity contribution is 7.99. The molecule has 0 N–H and O–H groups in total. The molecular weight excluding hydrogens is 232 g/mol. The quantitative estimate of drug-likeness (QED) is 0.582. The molecule has 3 rings (SSSR count). The van der Waals surface area contributed by atoms with E-state index in [-0.39, 0.29) is 5.88 Å². The molecule has 0 atom stereocenters. The van der Waals surface area contributed by atoms with Crippen molar-refractivity contribution in [2.45, 2.75) is 11.7 Å². The van der Waals surface area contributed by atoms with Crippen molar-refractivity contribution in [3.05, 3.63) is 22.2 Å². The van der Waals surface area contributed by atoms with Gasteiger partial charge in [0, 0.05) is 12.3 Å². The Hall–Kier alpha value is -1.83. The number of thioether (sulfide) groups is 1. The maximum atomic E-state index is 10.5. The SMILES string of the molecule is O=[N+]([O-])c1ccc(-c2nnc3n2CCS3)o1. The third kappa shape index (κ3) is 1.30. The maximum absolute atomic E-state index is 10.5. The van der Waals surface area contributed by atoms with Crippen molar-refractivity contribution in [1.82, 2.24) is 14.8 Å². The number of nitro groups is 1. The zero-order valence-corrected chi connectivity index (χ0v) is 8.81. The van der Waals surface area contributed by atoms with Crippen LogP contribution in [0.4, 0.5) is 5.88 Å². The molecule has 16 heavy (non-hydrogen) atoms. The minimum atomic E-state index is -0.570. The third-order valence-corrected chi connectivity index (χ3v) is 3.20. The lowest BCUT2D eigenvalue weighted by Gasteiger charge is -1.96. The van der Waals surface area contributed by atoms with Gasteiger partial charge in [-0.05, 0) is 6.07 Å². The molecule has 8 heteroatoms. The normalized spacial score (nSPS) is 14.0. The molecule has 82 valence electrons. The lowest BCUT2D eigenvalue weighted by atomic mass is 10.4. The Balaban J connectivity index is 2.05. The molecule has 0 bridgehead atoms. The summed E-state index contributed by atoms with van der Waals surface area (Å²) in [4.78, 5) is 9.91. The minimum absolute atomic E-state index is 0.280. The second-order valence-corrected chi connectivity index (χ2v) is 4.26. The summed E-state index contributed by atoms with van der Waals surface area (Å²) in [6, 6.07) is 2.86. The predicted molar refractivity (Wildman–Crippen MR) is 55.1 cm³/mol. The summed E-state index contributed by atoms with van der Waals surface area (Å²) in [5, 5.41) is 19.2. The van der Waals surface area contributed by atoms with Gasteiger partial charge in [-0.25, -0.2) is 0 Å². The van der Waals surface area contributed by atoms with Crippen molar-refractivity contribution >= 4 is 17.6 Å². The zero-order chi connectivity index (χ0) is 11.1. The van der Waals surface area contributed by atoms with Crippen molar-refractivity contribution in [2.24, 2.45) is 0 Å². The fourth-order valence-corrected chi connectivity index (χ4v) is 2.44. The lowest BCUT2D eigenvalue weighted by molar-refractivity contribution is -0.401. The monoisotopic (exact) mass is 238 g/mol. The second kappa shape index (κ2) is 3.34. The number of hydrogen-bond acceptors (Lipinski definition) is 6. The van der Waals surface area contributed by atoms with Crippen LogP contribution in [-0.2, 0) is 6.54 Å². The molecule has 0 amide bonds. The van der Waals surface area contributed by atoms with Gasteiger partial charge in [0.05, 0.1) is 6.07 Å². The van der Waals surface area contributed by atoms with Crippen LogP contribution in [0.2, 0.25) is 0 Å². The van der Waals surface area contributed by atoms with Crippen LogP contribution in [0.3, 0.4) is 0 Å². The first kappa shape index (κ1) is 9.40. The van der Waals surface area contributed by atoms with Crippen molar-refractivity contribution in [1.29, 1.82) is 0 Å². The molecular formula is C8H6N4O3S. The van der Waals surface area contributed by atoms with Crippen LogP contribution >= 0.6 is 11.8 Å². The van der Waals surface area contributed by atoms with Gasteiger partial charge in [-0.3, -0.25) is 14.7 Å². The van der Waals surface area contributed by atoms with E-state index in [4.69, 9.17) is 4.42 Å². The number of nitrogens with zero attached hydrogens (tertiary/aromatic N) is 4. The van der Waals surface area contributed by atoms with Gasteiger partial charge >= 0.3 is 5.88 Å². The van der Waals surface area contributed by atoms with Gasteiger partial charge in [-0.1, -0.05) is 11.8 Å². The number of furan rings is 1. The molecule has 7 nitrogen and oxygen atoms in total. The molecule has 0 saturated heterocycles. The van der Waals surface area contributed by atoms with E-state index < -0.39 is 4.92 Å². The van der Waals surface area contributed by atoms with E-state index in [2.05, 4.69) is 10.2 Å². The zero-order valence-electron chi connectivity index (χ0n) is 7.99. The topological polar surface area (TPSA) is 87.0 Å². The molecule has 0 saturated carbocycles. The lowest BCUT2D eigenvalue weighted by Crippen LogP contribution is -1.96. The van der Waals surface area contributed by atoms with Gasteiger partial charge in [0.25, 0.3) is 0 Å². The number of fused-ring (bicyclic) bond motifs is 1. The van der Waals surface area contributed by atoms with Crippen LogP contribution in [0, 0.1) is 10.1 Å². The van der Waals surface area contributed by atoms with Crippen molar-refractivity contribution in [3.8, 4) is 11.6 Å². The van der Waals surface area contributed by atoms with Crippen LogP contribution in [0.5, 0.6) is 0 Å². The van der Waals surface area contributed by atoms with Crippen LogP contribution < -0.4 is 0 Å². The van der Waals surface area contributed by atoms with E-state index in [1.165, 1.54) is 6.07 Å². The molecule has 2 aromatic rings. The largest absolute Gasteiger partial charge is 0.433 e. The van der Waals surface area contributed by atoms with Gasteiger partial charge in [-0.2, -0.15) is 0 Å². The molecule has 0 fully saturated rings. The first-order valence-corrected chi connectivity index (χ1v) is 5.55. The highest BCUT2D eigenvalue weighted by Gasteiger charge is 2.23. The molecule has 1 aliphatic heterocycles. The third-order valence-electron chi connectivity index (χ3n) is 2.26. The van der Waals surface area contributed by atoms with Crippen molar-refractivity contribution < 1.29 is 9.34 Å². The van der Waals surface area contributed by atoms with Gasteiger partial charge < -0.3 is 4.42 Å². The van der Waals surface area contributed by atoms with Crippen LogP contribution in [0.1, 0.15) is 0 Å². The van der Waals surface area contributed by atoms with E-state index in [1.54, 1.807) is 17.8 Å². The highest BCUT2D eigenvalue weighted by atomic mass is 32.2. The van der Waals surface area contributed by atoms with Gasteiger partial charge in [-0.15, -0.1) is 10.2 Å². The molecule has 0 radical (unpaired) electrons. The number of hydrogen-bond donors (Lipinski definition) is 0. The first-order chi connectivity index (χ1) is 7.75. The van der Waals surface area contributed by atoms with E-state index in [9.17, 15) is 10.1 Å². The molecule has 0 spiro atoms. The van der Waals surface area contributed by atoms with Crippen LogP contribution in [0.15, 0.2) is 21.7 Å². The van der Waals surface area contributed by atoms with Gasteiger partial charge in [0.1, 0.15) is 4.92 Å². The molecule has 2 aromatic heterocycles. The highest BCUT2D eigenvalue weighted by Crippen LogP contribution is 2.31. The standard InChI is InChI=1S/C8H6N4O3S/c13-12(14)6-2-1-5(15-6)7-9-10-8-11(7)3-4-16-8/h1-2H,3-4H2. The Labute approximate surface area is 93.6 Å². The molecule has 1 aliphatic rings. The average molecular weight is 238 g/mol. The first-order valence-electron chi connectivity index (χ1n) is 4.56. The maximum Gasteiger partial charge on any atom is 0.433 e. The summed E-state index contributed by atoms with van der Waals surface area (Å²) in [6.45, 7) is 0.802. The van der Waals surface area contributed by atoms with Crippen molar-refractivity contribution in [2.75, 3.05) is 5.75 Å². The van der Waals surface area contributed by atoms with E-state index in [0.717, 1.165) is 17.5 Å². The second-order valence-electron chi connectivity index (χ2n) is 3.20. The Bertz CT molecular complexity index is 561. The van der Waals surface area contributed by atoms with E-state index in [0.29, 0.717) is 11.6 Å². The van der Waals surface area contributed by atoms with Gasteiger partial charge in [0.15, 0.2) is 10.9 Å². The molecule has 3 heterocycles. The fraction of sp³-hybridized carbons (Fsp3) is 0.250. The average Bonchev–Trinajstić information content (AvgIpc) is 2.92. The Morgan fingerprint density at radius 3 is 3.12 bits per heavy atom. The van der Waals surface area contributed by atoms with E-state index >= 15 is 0 Å². The summed E-state index contributed by atoms with van der Waals surface area (Å²) in [5.41, 5.74) is 0. The summed E-state index contributed by atoms with van der Waals surface area (Å²) in [5.74, 6) is 1.60. The Kier molecular flexibility index (Phi) is 1.96.